The predicted molar refractivity (Wildman–Crippen MR) is 81.7 cm³/mol. The zero-order valence-electron chi connectivity index (χ0n) is 11.7. The molecule has 3 heterocycles. The van der Waals surface area contributed by atoms with E-state index in [9.17, 15) is 0 Å². The molecule has 0 atom stereocenters. The first-order valence-electron chi connectivity index (χ1n) is 7.17. The zero-order valence-corrected chi connectivity index (χ0v) is 11.7. The third kappa shape index (κ3) is 2.25. The van der Waals surface area contributed by atoms with E-state index in [4.69, 9.17) is 5.73 Å². The van der Waals surface area contributed by atoms with Crippen molar-refractivity contribution in [2.24, 2.45) is 0 Å². The molecular formula is C16H17N5. The number of nitrogen functional groups attached to an aromatic ring is 1. The van der Waals surface area contributed by atoms with Crippen LogP contribution in [0.5, 0.6) is 0 Å². The summed E-state index contributed by atoms with van der Waals surface area (Å²) in [6.45, 7) is 2.79. The molecule has 1 aliphatic heterocycles. The van der Waals surface area contributed by atoms with Gasteiger partial charge in [0.05, 0.1) is 5.69 Å². The van der Waals surface area contributed by atoms with E-state index < -0.39 is 0 Å². The number of nitrogens with two attached hydrogens (primary N) is 1. The van der Waals surface area contributed by atoms with Crippen LogP contribution in [0.25, 0.3) is 5.78 Å². The highest BCUT2D eigenvalue weighted by Crippen LogP contribution is 2.24. The Morgan fingerprint density at radius 2 is 2.19 bits per heavy atom. The lowest BCUT2D eigenvalue weighted by molar-refractivity contribution is 0.243. The van der Waals surface area contributed by atoms with Gasteiger partial charge in [-0.1, -0.05) is 12.1 Å². The van der Waals surface area contributed by atoms with E-state index in [-0.39, 0.29) is 0 Å². The molecule has 1 aliphatic rings. The van der Waals surface area contributed by atoms with E-state index in [1.54, 1.807) is 6.20 Å². The zero-order chi connectivity index (χ0) is 14.2. The summed E-state index contributed by atoms with van der Waals surface area (Å²) in [6.07, 6.45) is 6.81. The average Bonchev–Trinajstić information content (AvgIpc) is 2.89. The van der Waals surface area contributed by atoms with Gasteiger partial charge in [-0.3, -0.25) is 9.30 Å². The first kappa shape index (κ1) is 12.3. The van der Waals surface area contributed by atoms with Crippen molar-refractivity contribution in [3.63, 3.8) is 0 Å². The number of imidazole rings is 1. The van der Waals surface area contributed by atoms with Crippen LogP contribution in [-0.4, -0.2) is 25.8 Å². The van der Waals surface area contributed by atoms with Crippen LogP contribution >= 0.6 is 0 Å². The summed E-state index contributed by atoms with van der Waals surface area (Å²) in [5.41, 5.74) is 10.7. The van der Waals surface area contributed by atoms with Gasteiger partial charge in [0.15, 0.2) is 0 Å². The summed E-state index contributed by atoms with van der Waals surface area (Å²) in [5, 5.41) is 0. The number of aromatic nitrogens is 3. The number of hydrogen-bond donors (Lipinski definition) is 1. The van der Waals surface area contributed by atoms with E-state index in [2.05, 4.69) is 27.1 Å². The molecule has 0 bridgehead atoms. The molecule has 0 saturated heterocycles. The highest BCUT2D eigenvalue weighted by Gasteiger charge is 2.18. The predicted octanol–water partition coefficient (Wildman–Crippen LogP) is 1.87. The molecule has 0 unspecified atom stereocenters. The van der Waals surface area contributed by atoms with Crippen LogP contribution in [0.3, 0.4) is 0 Å². The summed E-state index contributed by atoms with van der Waals surface area (Å²) in [4.78, 5) is 11.2. The van der Waals surface area contributed by atoms with Crippen molar-refractivity contribution in [1.29, 1.82) is 0 Å². The SMILES string of the molecule is Nc1cccc2c1CCN(Cc1cn3cccnc3n1)C2. The Balaban J connectivity index is 1.56. The number of rotatable bonds is 2. The molecule has 2 aromatic heterocycles. The fourth-order valence-electron chi connectivity index (χ4n) is 3.02. The maximum absolute atomic E-state index is 6.05. The van der Waals surface area contributed by atoms with Crippen molar-refractivity contribution >= 4 is 11.5 Å². The lowest BCUT2D eigenvalue weighted by atomic mass is 9.98. The Morgan fingerprint density at radius 3 is 3.10 bits per heavy atom. The number of anilines is 1. The molecule has 4 rings (SSSR count). The van der Waals surface area contributed by atoms with Gasteiger partial charge in [0.1, 0.15) is 0 Å². The van der Waals surface area contributed by atoms with Crippen molar-refractivity contribution in [2.45, 2.75) is 19.5 Å². The third-order valence-corrected chi connectivity index (χ3v) is 4.05. The molecule has 0 spiro atoms. The Morgan fingerprint density at radius 1 is 1.24 bits per heavy atom. The Hall–Kier alpha value is -2.40. The summed E-state index contributed by atoms with van der Waals surface area (Å²) in [5.74, 6) is 0.758. The highest BCUT2D eigenvalue weighted by atomic mass is 15.2. The third-order valence-electron chi connectivity index (χ3n) is 4.05. The largest absolute Gasteiger partial charge is 0.398 e. The second kappa shape index (κ2) is 4.86. The molecule has 5 heteroatoms. The average molecular weight is 279 g/mol. The standard InChI is InChI=1S/C16H17N5/c17-15-4-1-3-12-9-20(8-5-14(12)15)10-13-11-21-7-2-6-18-16(21)19-13/h1-4,6-7,11H,5,8-10,17H2. The van der Waals surface area contributed by atoms with Crippen LogP contribution in [0.2, 0.25) is 0 Å². The molecule has 0 radical (unpaired) electrons. The fourth-order valence-corrected chi connectivity index (χ4v) is 3.02. The van der Waals surface area contributed by atoms with Crippen LogP contribution < -0.4 is 5.73 Å². The van der Waals surface area contributed by atoms with Gasteiger partial charge in [0.25, 0.3) is 0 Å². The molecule has 1 aromatic carbocycles. The van der Waals surface area contributed by atoms with Crippen molar-refractivity contribution in [3.05, 3.63) is 59.7 Å². The second-order valence-electron chi connectivity index (χ2n) is 5.50. The van der Waals surface area contributed by atoms with E-state index in [0.29, 0.717) is 0 Å². The lowest BCUT2D eigenvalue weighted by Crippen LogP contribution is -2.30. The van der Waals surface area contributed by atoms with E-state index in [1.165, 1.54) is 11.1 Å². The maximum Gasteiger partial charge on any atom is 0.233 e. The molecule has 2 N–H and O–H groups in total. The molecular weight excluding hydrogens is 262 g/mol. The molecule has 106 valence electrons. The van der Waals surface area contributed by atoms with E-state index in [1.807, 2.05) is 28.8 Å². The number of nitrogens with zero attached hydrogens (tertiary/aromatic N) is 4. The Labute approximate surface area is 123 Å². The van der Waals surface area contributed by atoms with Crippen LogP contribution in [-0.2, 0) is 19.5 Å². The van der Waals surface area contributed by atoms with Crippen LogP contribution in [0.1, 0.15) is 16.8 Å². The highest BCUT2D eigenvalue weighted by molar-refractivity contribution is 5.51. The number of fused-ring (bicyclic) bond motifs is 2. The minimum atomic E-state index is 0.758. The number of benzene rings is 1. The van der Waals surface area contributed by atoms with Gasteiger partial charge in [0, 0.05) is 43.9 Å². The second-order valence-corrected chi connectivity index (χ2v) is 5.50. The first-order valence-corrected chi connectivity index (χ1v) is 7.17. The van der Waals surface area contributed by atoms with E-state index >= 15 is 0 Å². The molecule has 21 heavy (non-hydrogen) atoms. The van der Waals surface area contributed by atoms with Gasteiger partial charge in [-0.25, -0.2) is 9.97 Å². The van der Waals surface area contributed by atoms with E-state index in [0.717, 1.165) is 43.2 Å². The lowest BCUT2D eigenvalue weighted by Gasteiger charge is -2.28. The fraction of sp³-hybridized carbons (Fsp3) is 0.250. The first-order chi connectivity index (χ1) is 10.3. The summed E-state index contributed by atoms with van der Waals surface area (Å²) in [7, 11) is 0. The minimum Gasteiger partial charge on any atom is -0.398 e. The van der Waals surface area contributed by atoms with Crippen molar-refractivity contribution in [1.82, 2.24) is 19.3 Å². The molecule has 0 fully saturated rings. The number of hydrogen-bond acceptors (Lipinski definition) is 4. The van der Waals surface area contributed by atoms with Gasteiger partial charge in [-0.05, 0) is 29.7 Å². The van der Waals surface area contributed by atoms with Gasteiger partial charge >= 0.3 is 0 Å². The van der Waals surface area contributed by atoms with Crippen molar-refractivity contribution in [3.8, 4) is 0 Å². The van der Waals surface area contributed by atoms with Gasteiger partial charge < -0.3 is 5.73 Å². The Bertz CT molecular complexity index is 759. The van der Waals surface area contributed by atoms with Crippen LogP contribution in [0, 0.1) is 0 Å². The maximum atomic E-state index is 6.05. The van der Waals surface area contributed by atoms with Crippen molar-refractivity contribution < 1.29 is 0 Å². The van der Waals surface area contributed by atoms with Gasteiger partial charge in [0.2, 0.25) is 5.78 Å². The monoisotopic (exact) mass is 279 g/mol. The quantitative estimate of drug-likeness (QED) is 0.728. The van der Waals surface area contributed by atoms with Crippen LogP contribution in [0.15, 0.2) is 42.9 Å². The molecule has 0 saturated carbocycles. The molecule has 5 nitrogen and oxygen atoms in total. The van der Waals surface area contributed by atoms with Crippen LogP contribution in [0.4, 0.5) is 5.69 Å². The topological polar surface area (TPSA) is 59.5 Å². The Kier molecular flexibility index (Phi) is 2.86. The molecule has 3 aromatic rings. The summed E-state index contributed by atoms with van der Waals surface area (Å²) >= 11 is 0. The minimum absolute atomic E-state index is 0.758. The van der Waals surface area contributed by atoms with Gasteiger partial charge in [-0.2, -0.15) is 0 Å². The normalized spacial score (nSPS) is 15.2. The smallest absolute Gasteiger partial charge is 0.233 e. The van der Waals surface area contributed by atoms with Gasteiger partial charge in [-0.15, -0.1) is 0 Å². The van der Waals surface area contributed by atoms with Crippen molar-refractivity contribution in [2.75, 3.05) is 12.3 Å². The summed E-state index contributed by atoms with van der Waals surface area (Å²) in [6, 6.07) is 8.11. The summed E-state index contributed by atoms with van der Waals surface area (Å²) < 4.78 is 1.96. The molecule has 0 amide bonds. The molecule has 0 aliphatic carbocycles.